The van der Waals surface area contributed by atoms with Gasteiger partial charge in [0.2, 0.25) is 0 Å². The molecule has 0 fully saturated rings. The summed E-state index contributed by atoms with van der Waals surface area (Å²) in [6, 6.07) is 7.07. The second-order valence-electron chi connectivity index (χ2n) is 8.36. The summed E-state index contributed by atoms with van der Waals surface area (Å²) in [6.07, 6.45) is -9.60. The second-order valence-corrected chi connectivity index (χ2v) is 8.36. The fourth-order valence-electron chi connectivity index (χ4n) is 3.94. The van der Waals surface area contributed by atoms with Crippen LogP contribution in [-0.4, -0.2) is 34.6 Å². The van der Waals surface area contributed by atoms with Crippen LogP contribution in [0.4, 0.5) is 36.8 Å². The van der Waals surface area contributed by atoms with Crippen molar-refractivity contribution >= 4 is 11.7 Å². The molecule has 2 N–H and O–H groups in total. The Kier molecular flexibility index (Phi) is 6.89. The number of hydrogen-bond acceptors (Lipinski definition) is 4. The molecule has 2 heterocycles. The molecular formula is C24H20F6N4O3. The number of alkyl halides is 6. The summed E-state index contributed by atoms with van der Waals surface area (Å²) in [6.45, 7) is -0.160. The predicted molar refractivity (Wildman–Crippen MR) is 120 cm³/mol. The lowest BCUT2D eigenvalue weighted by molar-refractivity contribution is -0.143. The predicted octanol–water partition coefficient (Wildman–Crippen LogP) is 5.00. The standard InChI is InChI=1S/C24H20F6N4O3/c1-37-17-4-2-3-13(7-17)8-20-32-19-5-6-34(12-18(19)21(35)33-20)22(36)31-16-10-14(23(25,26)27)9-15(11-16)24(28,29)30/h2-4,7,9-11H,5-6,8,12H2,1H3,(H,31,36)(H,32,33,35). The normalized spacial score (nSPS) is 13.8. The molecule has 0 unspecified atom stereocenters. The number of methoxy groups -OCH3 is 1. The molecular weight excluding hydrogens is 506 g/mol. The van der Waals surface area contributed by atoms with Crippen molar-refractivity contribution in [2.24, 2.45) is 0 Å². The molecule has 0 spiro atoms. The van der Waals surface area contributed by atoms with E-state index in [2.05, 4.69) is 15.3 Å². The molecule has 4 rings (SSSR count). The van der Waals surface area contributed by atoms with Gasteiger partial charge in [0.1, 0.15) is 11.6 Å². The van der Waals surface area contributed by atoms with E-state index in [4.69, 9.17) is 4.74 Å². The second kappa shape index (κ2) is 9.79. The molecule has 13 heteroatoms. The Morgan fingerprint density at radius 1 is 1.08 bits per heavy atom. The molecule has 37 heavy (non-hydrogen) atoms. The molecule has 0 radical (unpaired) electrons. The van der Waals surface area contributed by atoms with Crippen LogP contribution in [0, 0.1) is 0 Å². The lowest BCUT2D eigenvalue weighted by Gasteiger charge is -2.28. The lowest BCUT2D eigenvalue weighted by atomic mass is 10.1. The number of anilines is 1. The number of nitrogens with one attached hydrogen (secondary N) is 2. The summed E-state index contributed by atoms with van der Waals surface area (Å²) in [5.74, 6) is 1.04. The van der Waals surface area contributed by atoms with Crippen LogP contribution in [0.3, 0.4) is 0 Å². The van der Waals surface area contributed by atoms with Gasteiger partial charge in [-0.3, -0.25) is 4.79 Å². The van der Waals surface area contributed by atoms with E-state index in [1.807, 2.05) is 6.07 Å². The largest absolute Gasteiger partial charge is 0.497 e. The fourth-order valence-corrected chi connectivity index (χ4v) is 3.94. The first-order valence-electron chi connectivity index (χ1n) is 10.9. The van der Waals surface area contributed by atoms with Gasteiger partial charge >= 0.3 is 18.4 Å². The van der Waals surface area contributed by atoms with Gasteiger partial charge in [-0.05, 0) is 35.9 Å². The zero-order valence-corrected chi connectivity index (χ0v) is 19.3. The van der Waals surface area contributed by atoms with Gasteiger partial charge in [-0.15, -0.1) is 0 Å². The van der Waals surface area contributed by atoms with Crippen LogP contribution in [0.5, 0.6) is 5.75 Å². The Balaban J connectivity index is 1.52. The minimum Gasteiger partial charge on any atom is -0.497 e. The molecule has 2 aromatic carbocycles. The van der Waals surface area contributed by atoms with Gasteiger partial charge in [0.05, 0.1) is 36.0 Å². The van der Waals surface area contributed by atoms with Gasteiger partial charge in [-0.25, -0.2) is 9.78 Å². The van der Waals surface area contributed by atoms with Crippen molar-refractivity contribution < 1.29 is 35.9 Å². The van der Waals surface area contributed by atoms with Crippen molar-refractivity contribution in [3.05, 3.63) is 86.6 Å². The van der Waals surface area contributed by atoms with Crippen molar-refractivity contribution in [1.29, 1.82) is 0 Å². The molecule has 1 aromatic heterocycles. The number of ether oxygens (including phenoxy) is 1. The third kappa shape index (κ3) is 6.04. The Bertz CT molecular complexity index is 1350. The molecule has 1 aliphatic heterocycles. The maximum atomic E-state index is 13.1. The van der Waals surface area contributed by atoms with Crippen molar-refractivity contribution in [1.82, 2.24) is 14.9 Å². The molecule has 0 aliphatic carbocycles. The zero-order valence-electron chi connectivity index (χ0n) is 19.3. The van der Waals surface area contributed by atoms with Crippen molar-refractivity contribution in [3.63, 3.8) is 0 Å². The number of aromatic nitrogens is 2. The maximum Gasteiger partial charge on any atom is 0.416 e. The average molecular weight is 526 g/mol. The maximum absolute atomic E-state index is 13.1. The Hall–Kier alpha value is -4.03. The van der Waals surface area contributed by atoms with Gasteiger partial charge in [0.25, 0.3) is 5.56 Å². The van der Waals surface area contributed by atoms with E-state index >= 15 is 0 Å². The molecule has 196 valence electrons. The molecule has 0 saturated carbocycles. The van der Waals surface area contributed by atoms with E-state index in [0.29, 0.717) is 35.8 Å². The van der Waals surface area contributed by atoms with Gasteiger partial charge in [0, 0.05) is 25.1 Å². The van der Waals surface area contributed by atoms with E-state index in [1.54, 1.807) is 18.2 Å². The van der Waals surface area contributed by atoms with Crippen molar-refractivity contribution in [3.8, 4) is 5.75 Å². The van der Waals surface area contributed by atoms with Crippen LogP contribution < -0.4 is 15.6 Å². The summed E-state index contributed by atoms with van der Waals surface area (Å²) in [5.41, 5.74) is -2.76. The lowest BCUT2D eigenvalue weighted by Crippen LogP contribution is -2.42. The quantitative estimate of drug-likeness (QED) is 0.469. The Labute approximate surface area is 206 Å². The van der Waals surface area contributed by atoms with Gasteiger partial charge in [-0.2, -0.15) is 26.3 Å². The third-order valence-electron chi connectivity index (χ3n) is 5.75. The minimum atomic E-state index is -5.05. The number of benzene rings is 2. The van der Waals surface area contributed by atoms with Crippen LogP contribution in [0.15, 0.2) is 47.3 Å². The number of H-pyrrole nitrogens is 1. The molecule has 7 nitrogen and oxygen atoms in total. The summed E-state index contributed by atoms with van der Waals surface area (Å²) in [5, 5.41) is 2.08. The monoisotopic (exact) mass is 526 g/mol. The Morgan fingerprint density at radius 2 is 1.76 bits per heavy atom. The zero-order chi connectivity index (χ0) is 27.0. The van der Waals surface area contributed by atoms with E-state index in [1.165, 1.54) is 7.11 Å². The van der Waals surface area contributed by atoms with E-state index < -0.39 is 40.8 Å². The highest BCUT2D eigenvalue weighted by molar-refractivity contribution is 5.89. The number of carbonyl (C=O) groups excluding carboxylic acids is 1. The van der Waals surface area contributed by atoms with Crippen LogP contribution in [0.1, 0.15) is 33.8 Å². The number of hydrogen-bond donors (Lipinski definition) is 2. The first kappa shape index (κ1) is 26.0. The SMILES string of the molecule is COc1cccc(Cc2nc3c(c(=O)[nH]2)CN(C(=O)Nc2cc(C(F)(F)F)cc(C(F)(F)F)c2)CC3)c1. The number of halogens is 6. The number of fused-ring (bicyclic) bond motifs is 1. The highest BCUT2D eigenvalue weighted by atomic mass is 19.4. The summed E-state index contributed by atoms with van der Waals surface area (Å²) < 4.78 is 83.8. The first-order valence-corrected chi connectivity index (χ1v) is 10.9. The highest BCUT2D eigenvalue weighted by Crippen LogP contribution is 2.37. The Morgan fingerprint density at radius 3 is 2.38 bits per heavy atom. The number of carbonyl (C=O) groups is 1. The number of amides is 2. The molecule has 2 amide bonds. The summed E-state index contributed by atoms with van der Waals surface area (Å²) in [4.78, 5) is 33.7. The molecule has 1 aliphatic rings. The summed E-state index contributed by atoms with van der Waals surface area (Å²) >= 11 is 0. The van der Waals surface area contributed by atoms with E-state index in [0.717, 1.165) is 10.5 Å². The van der Waals surface area contributed by atoms with Gasteiger partial charge in [0.15, 0.2) is 0 Å². The van der Waals surface area contributed by atoms with Gasteiger partial charge in [-0.1, -0.05) is 12.1 Å². The molecule has 0 saturated heterocycles. The topological polar surface area (TPSA) is 87.3 Å². The average Bonchev–Trinajstić information content (AvgIpc) is 2.82. The molecule has 0 bridgehead atoms. The highest BCUT2D eigenvalue weighted by Gasteiger charge is 2.37. The fraction of sp³-hybridized carbons (Fsp3) is 0.292. The first-order chi connectivity index (χ1) is 17.3. The van der Waals surface area contributed by atoms with Crippen molar-refractivity contribution in [2.45, 2.75) is 31.7 Å². The van der Waals surface area contributed by atoms with E-state index in [-0.39, 0.29) is 31.1 Å². The molecule has 0 atom stereocenters. The van der Waals surface area contributed by atoms with Crippen LogP contribution in [0.25, 0.3) is 0 Å². The number of urea groups is 1. The van der Waals surface area contributed by atoms with Crippen LogP contribution in [-0.2, 0) is 31.7 Å². The molecule has 3 aromatic rings. The number of rotatable bonds is 4. The smallest absolute Gasteiger partial charge is 0.416 e. The number of aromatic amines is 1. The van der Waals surface area contributed by atoms with Crippen molar-refractivity contribution in [2.75, 3.05) is 19.0 Å². The van der Waals surface area contributed by atoms with Gasteiger partial charge < -0.3 is 19.9 Å². The summed E-state index contributed by atoms with van der Waals surface area (Å²) in [7, 11) is 1.53. The van der Waals surface area contributed by atoms with Crippen LogP contribution >= 0.6 is 0 Å². The number of nitrogens with zero attached hydrogens (tertiary/aromatic N) is 2. The third-order valence-corrected chi connectivity index (χ3v) is 5.75. The van der Waals surface area contributed by atoms with Crippen LogP contribution in [0.2, 0.25) is 0 Å². The van der Waals surface area contributed by atoms with E-state index in [9.17, 15) is 35.9 Å². The minimum absolute atomic E-state index is 0.0267.